The molecule has 2 aromatic carbocycles. The van der Waals surface area contributed by atoms with Gasteiger partial charge in [-0.15, -0.1) is 11.3 Å². The zero-order valence-corrected chi connectivity index (χ0v) is 24.8. The molecule has 5 aromatic rings. The number of thiophene rings is 1. The van der Waals surface area contributed by atoms with Crippen LogP contribution in [0.15, 0.2) is 66.5 Å². The number of ether oxygens (including phenoxy) is 1. The average molecular weight is 598 g/mol. The zero-order valence-electron chi connectivity index (χ0n) is 24.0. The van der Waals surface area contributed by atoms with Gasteiger partial charge in [0.1, 0.15) is 41.8 Å². The minimum atomic E-state index is -0.575. The Balaban J connectivity index is 1.34. The monoisotopic (exact) mass is 597 g/mol. The maximum absolute atomic E-state index is 14.3. The molecule has 0 aliphatic carbocycles. The number of hydrogen-bond acceptors (Lipinski definition) is 9. The molecule has 1 unspecified atom stereocenters. The van der Waals surface area contributed by atoms with Crippen LogP contribution in [0.3, 0.4) is 0 Å². The molecule has 43 heavy (non-hydrogen) atoms. The molecule has 9 nitrogen and oxygen atoms in total. The van der Waals surface area contributed by atoms with Gasteiger partial charge in [-0.25, -0.2) is 19.0 Å². The van der Waals surface area contributed by atoms with Gasteiger partial charge in [-0.05, 0) is 44.3 Å². The van der Waals surface area contributed by atoms with Crippen molar-refractivity contribution in [1.29, 1.82) is 0 Å². The highest BCUT2D eigenvalue weighted by atomic mass is 32.1. The van der Waals surface area contributed by atoms with E-state index in [9.17, 15) is 9.50 Å². The second kappa shape index (κ2) is 11.1. The summed E-state index contributed by atoms with van der Waals surface area (Å²) in [6.45, 7) is 7.65. The number of nitrogens with two attached hydrogens (primary N) is 1. The van der Waals surface area contributed by atoms with Gasteiger partial charge in [0.15, 0.2) is 5.65 Å². The van der Waals surface area contributed by atoms with Gasteiger partial charge in [0.05, 0.1) is 11.4 Å². The van der Waals surface area contributed by atoms with Crippen LogP contribution in [0.5, 0.6) is 11.5 Å². The number of benzene rings is 2. The number of phenols is 1. The molecule has 220 valence electrons. The number of piperazine rings is 1. The Morgan fingerprint density at radius 1 is 1.07 bits per heavy atom. The summed E-state index contributed by atoms with van der Waals surface area (Å²) in [6.07, 6.45) is 1.40. The number of hydrogen-bond donors (Lipinski definition) is 2. The summed E-state index contributed by atoms with van der Waals surface area (Å²) in [5.74, 6) is 0.297. The Hall–Kier alpha value is -4.32. The van der Waals surface area contributed by atoms with Crippen LogP contribution >= 0.6 is 11.3 Å². The molecular weight excluding hydrogens is 565 g/mol. The van der Waals surface area contributed by atoms with Gasteiger partial charge in [0, 0.05) is 70.8 Å². The third-order valence-electron chi connectivity index (χ3n) is 8.29. The number of para-hydroxylation sites is 1. The lowest BCUT2D eigenvalue weighted by atomic mass is 9.92. The van der Waals surface area contributed by atoms with Gasteiger partial charge in [0.25, 0.3) is 0 Å². The molecule has 11 heteroatoms. The van der Waals surface area contributed by atoms with Crippen LogP contribution in [-0.4, -0.2) is 74.5 Å². The molecule has 2 aliphatic rings. The Kier molecular flexibility index (Phi) is 7.08. The summed E-state index contributed by atoms with van der Waals surface area (Å²) in [7, 11) is 2.17. The molecule has 0 amide bonds. The number of halogens is 1. The van der Waals surface area contributed by atoms with Crippen LogP contribution in [0, 0.1) is 5.82 Å². The topological polar surface area (TPSA) is 106 Å². The van der Waals surface area contributed by atoms with Crippen molar-refractivity contribution in [2.45, 2.75) is 19.5 Å². The second-order valence-corrected chi connectivity index (χ2v) is 12.3. The van der Waals surface area contributed by atoms with Crippen LogP contribution in [0.25, 0.3) is 27.9 Å². The second-order valence-electron chi connectivity index (χ2n) is 11.2. The largest absolute Gasteiger partial charge is 0.508 e. The number of anilines is 1. The van der Waals surface area contributed by atoms with Crippen LogP contribution in [0.2, 0.25) is 0 Å². The number of rotatable bonds is 6. The maximum atomic E-state index is 14.3. The first-order valence-corrected chi connectivity index (χ1v) is 15.1. The van der Waals surface area contributed by atoms with Gasteiger partial charge in [-0.2, -0.15) is 5.10 Å². The van der Waals surface area contributed by atoms with E-state index in [0.29, 0.717) is 28.9 Å². The van der Waals surface area contributed by atoms with E-state index in [0.717, 1.165) is 61.2 Å². The SMILES string of the molecule is CC(C1=C(c2ccc(CN3CCN(C)CC3)s2)c2ccccc2OC1)n1nc(-c2cc(O)cc(F)c2)c2c(N)ncnc21. The van der Waals surface area contributed by atoms with E-state index in [2.05, 4.69) is 51.9 Å². The number of fused-ring (bicyclic) bond motifs is 2. The van der Waals surface area contributed by atoms with Gasteiger partial charge >= 0.3 is 0 Å². The Labute approximate surface area is 252 Å². The number of nitrogen functional groups attached to an aromatic ring is 1. The van der Waals surface area contributed by atoms with Gasteiger partial charge in [0.2, 0.25) is 0 Å². The minimum Gasteiger partial charge on any atom is -0.508 e. The van der Waals surface area contributed by atoms with Crippen LogP contribution in [-0.2, 0) is 6.54 Å². The molecule has 0 radical (unpaired) electrons. The number of aromatic nitrogens is 4. The average Bonchev–Trinajstić information content (AvgIpc) is 3.63. The van der Waals surface area contributed by atoms with Crippen LogP contribution < -0.4 is 10.5 Å². The Morgan fingerprint density at radius 2 is 1.88 bits per heavy atom. The van der Waals surface area contributed by atoms with E-state index in [1.807, 2.05) is 29.5 Å². The summed E-state index contributed by atoms with van der Waals surface area (Å²) in [4.78, 5) is 16.1. The highest BCUT2D eigenvalue weighted by Crippen LogP contribution is 2.44. The summed E-state index contributed by atoms with van der Waals surface area (Å²) in [5, 5.41) is 15.5. The molecule has 2 aliphatic heterocycles. The van der Waals surface area contributed by atoms with Crippen molar-refractivity contribution in [2.75, 3.05) is 45.6 Å². The molecule has 0 saturated carbocycles. The summed E-state index contributed by atoms with van der Waals surface area (Å²) >= 11 is 1.81. The van der Waals surface area contributed by atoms with E-state index in [4.69, 9.17) is 15.6 Å². The molecule has 1 fully saturated rings. The normalized spacial score (nSPS) is 16.8. The number of nitrogens with zero attached hydrogens (tertiary/aromatic N) is 6. The summed E-state index contributed by atoms with van der Waals surface area (Å²) < 4.78 is 22.4. The van der Waals surface area contributed by atoms with E-state index in [1.54, 1.807) is 4.68 Å². The van der Waals surface area contributed by atoms with E-state index in [-0.39, 0.29) is 17.6 Å². The lowest BCUT2D eigenvalue weighted by Gasteiger charge is -2.32. The highest BCUT2D eigenvalue weighted by molar-refractivity contribution is 7.13. The van der Waals surface area contributed by atoms with Crippen molar-refractivity contribution in [3.63, 3.8) is 0 Å². The molecule has 5 heterocycles. The van der Waals surface area contributed by atoms with Crippen molar-refractivity contribution in [3.8, 4) is 22.8 Å². The number of phenolic OH excluding ortho intramolecular Hbond substituents is 1. The Morgan fingerprint density at radius 3 is 2.70 bits per heavy atom. The first-order valence-electron chi connectivity index (χ1n) is 14.3. The lowest BCUT2D eigenvalue weighted by Crippen LogP contribution is -2.43. The molecule has 1 atom stereocenters. The zero-order chi connectivity index (χ0) is 29.7. The standard InChI is InChI=1S/C32H32FN7O2S/c1-19(40-32-29(31(34)35-18-36-32)30(37-40)20-13-21(33)15-22(41)14-20)25-17-42-26-6-4-3-5-24(26)28(25)27-8-7-23(43-27)16-39-11-9-38(2)10-12-39/h3-8,13-15,18-19,41H,9-12,16-17H2,1-2H3,(H2,34,35,36). The third kappa shape index (κ3) is 5.13. The predicted octanol–water partition coefficient (Wildman–Crippen LogP) is 5.18. The van der Waals surface area contributed by atoms with E-state index in [1.165, 1.54) is 28.2 Å². The smallest absolute Gasteiger partial charge is 0.164 e. The Bertz CT molecular complexity index is 1840. The maximum Gasteiger partial charge on any atom is 0.164 e. The molecule has 0 spiro atoms. The van der Waals surface area contributed by atoms with Gasteiger partial charge in [-0.1, -0.05) is 18.2 Å². The van der Waals surface area contributed by atoms with Crippen molar-refractivity contribution in [2.24, 2.45) is 0 Å². The van der Waals surface area contributed by atoms with Gasteiger partial charge in [-0.3, -0.25) is 4.90 Å². The molecular formula is C32H32FN7O2S. The number of aromatic hydroxyl groups is 1. The van der Waals surface area contributed by atoms with Gasteiger partial charge < -0.3 is 20.5 Å². The predicted molar refractivity (Wildman–Crippen MR) is 167 cm³/mol. The van der Waals surface area contributed by atoms with E-state index >= 15 is 0 Å². The molecule has 3 aromatic heterocycles. The fourth-order valence-corrected chi connectivity index (χ4v) is 7.11. The third-order valence-corrected chi connectivity index (χ3v) is 9.38. The van der Waals surface area contributed by atoms with Crippen molar-refractivity contribution >= 4 is 33.8 Å². The van der Waals surface area contributed by atoms with E-state index < -0.39 is 5.82 Å². The van der Waals surface area contributed by atoms with Crippen LogP contribution in [0.4, 0.5) is 10.2 Å². The van der Waals surface area contributed by atoms with Crippen molar-refractivity contribution in [1.82, 2.24) is 29.5 Å². The van der Waals surface area contributed by atoms with Crippen LogP contribution in [0.1, 0.15) is 28.3 Å². The minimum absolute atomic E-state index is 0.200. The molecule has 1 saturated heterocycles. The van der Waals surface area contributed by atoms with Crippen molar-refractivity contribution < 1.29 is 14.2 Å². The summed E-state index contributed by atoms with van der Waals surface area (Å²) in [5.41, 5.74) is 10.8. The molecule has 0 bridgehead atoms. The number of likely N-dealkylation sites (N-methyl/N-ethyl adjacent to an activating group) is 1. The molecule has 3 N–H and O–H groups in total. The fraction of sp³-hybridized carbons (Fsp3) is 0.281. The summed E-state index contributed by atoms with van der Waals surface area (Å²) in [6, 6.07) is 16.1. The quantitative estimate of drug-likeness (QED) is 0.276. The van der Waals surface area contributed by atoms with Crippen molar-refractivity contribution in [3.05, 3.63) is 87.6 Å². The lowest BCUT2D eigenvalue weighted by molar-refractivity contribution is 0.149. The molecule has 7 rings (SSSR count). The highest BCUT2D eigenvalue weighted by Gasteiger charge is 2.30. The fourth-order valence-electron chi connectivity index (χ4n) is 5.97. The first kappa shape index (κ1) is 27.5. The first-order chi connectivity index (χ1) is 20.9.